The lowest BCUT2D eigenvalue weighted by Crippen LogP contribution is -2.09. The van der Waals surface area contributed by atoms with Crippen LogP contribution in [0.25, 0.3) is 0 Å². The second-order valence-electron chi connectivity index (χ2n) is 3.31. The molecule has 0 aromatic heterocycles. The van der Waals surface area contributed by atoms with Crippen LogP contribution in [0.4, 0.5) is 0 Å². The maximum absolute atomic E-state index is 11.7. The molecule has 0 saturated carbocycles. The molecule has 94 valence electrons. The smallest absolute Gasteiger partial charge is 0.338 e. The Balaban J connectivity index is 3.05. The summed E-state index contributed by atoms with van der Waals surface area (Å²) < 4.78 is 11.4. The summed E-state index contributed by atoms with van der Waals surface area (Å²) in [5.41, 5.74) is 1.33. The molecule has 1 aromatic rings. The fourth-order valence-corrected chi connectivity index (χ4v) is 2.11. The van der Waals surface area contributed by atoms with Crippen LogP contribution in [-0.2, 0) is 4.74 Å². The first-order chi connectivity index (χ1) is 8.11. The molecule has 17 heavy (non-hydrogen) atoms. The van der Waals surface area contributed by atoms with Crippen molar-refractivity contribution in [2.45, 2.75) is 13.8 Å². The zero-order valence-corrected chi connectivity index (χ0v) is 12.9. The van der Waals surface area contributed by atoms with Crippen molar-refractivity contribution in [2.24, 2.45) is 0 Å². The molecule has 1 aromatic carbocycles. The van der Waals surface area contributed by atoms with Crippen LogP contribution in [0.5, 0.6) is 5.75 Å². The first-order valence-electron chi connectivity index (χ1n) is 5.26. The van der Waals surface area contributed by atoms with E-state index in [9.17, 15) is 4.79 Å². The molecule has 0 N–H and O–H groups in total. The number of benzene rings is 1. The lowest BCUT2D eigenvalue weighted by molar-refractivity contribution is 0.0525. The molecule has 0 aliphatic rings. The lowest BCUT2D eigenvalue weighted by atomic mass is 10.1. The Hall–Kier alpha value is -0.550. The van der Waals surface area contributed by atoms with E-state index in [1.54, 1.807) is 19.1 Å². The van der Waals surface area contributed by atoms with Gasteiger partial charge in [-0.2, -0.15) is 0 Å². The molecule has 5 heteroatoms. The van der Waals surface area contributed by atoms with Gasteiger partial charge in [-0.05, 0) is 41.9 Å². The monoisotopic (exact) mass is 364 g/mol. The Kier molecular flexibility index (Phi) is 5.98. The first kappa shape index (κ1) is 14.5. The maximum Gasteiger partial charge on any atom is 0.338 e. The third-order valence-electron chi connectivity index (χ3n) is 2.18. The van der Waals surface area contributed by atoms with Crippen molar-refractivity contribution in [3.8, 4) is 5.75 Å². The van der Waals surface area contributed by atoms with Crippen molar-refractivity contribution >= 4 is 37.8 Å². The number of ether oxygens (including phenoxy) is 2. The van der Waals surface area contributed by atoms with Gasteiger partial charge in [0.25, 0.3) is 0 Å². The van der Waals surface area contributed by atoms with Crippen molar-refractivity contribution in [1.29, 1.82) is 0 Å². The normalized spacial score (nSPS) is 10.1. The van der Waals surface area contributed by atoms with Gasteiger partial charge in [0.15, 0.2) is 0 Å². The van der Waals surface area contributed by atoms with E-state index in [2.05, 4.69) is 31.9 Å². The summed E-state index contributed by atoms with van der Waals surface area (Å²) in [4.78, 5) is 11.7. The van der Waals surface area contributed by atoms with Gasteiger partial charge in [-0.25, -0.2) is 4.79 Å². The molecular weight excluding hydrogens is 352 g/mol. The van der Waals surface area contributed by atoms with E-state index in [0.717, 1.165) is 15.4 Å². The number of alkyl halides is 1. The van der Waals surface area contributed by atoms with Crippen LogP contribution >= 0.6 is 31.9 Å². The number of rotatable bonds is 5. The number of hydrogen-bond donors (Lipinski definition) is 0. The summed E-state index contributed by atoms with van der Waals surface area (Å²) >= 11 is 6.70. The fourth-order valence-electron chi connectivity index (χ4n) is 1.41. The summed E-state index contributed by atoms with van der Waals surface area (Å²) in [5, 5.41) is 0.739. The van der Waals surface area contributed by atoms with Crippen LogP contribution in [0.2, 0.25) is 0 Å². The Morgan fingerprint density at radius 3 is 2.71 bits per heavy atom. The van der Waals surface area contributed by atoms with Crippen molar-refractivity contribution in [3.63, 3.8) is 0 Å². The highest BCUT2D eigenvalue weighted by Crippen LogP contribution is 2.31. The topological polar surface area (TPSA) is 35.5 Å². The van der Waals surface area contributed by atoms with Crippen LogP contribution in [0.3, 0.4) is 0 Å². The molecule has 0 heterocycles. The Morgan fingerprint density at radius 2 is 2.12 bits per heavy atom. The second kappa shape index (κ2) is 7.01. The summed E-state index contributed by atoms with van der Waals surface area (Å²) in [6.45, 7) is 4.55. The molecule has 0 aliphatic carbocycles. The predicted octanol–water partition coefficient (Wildman–Crippen LogP) is 3.71. The summed E-state index contributed by atoms with van der Waals surface area (Å²) in [6.07, 6.45) is 0. The molecule has 0 spiro atoms. The molecule has 0 bridgehead atoms. The van der Waals surface area contributed by atoms with Gasteiger partial charge in [0.05, 0.1) is 23.2 Å². The van der Waals surface area contributed by atoms with Gasteiger partial charge in [0.1, 0.15) is 5.75 Å². The predicted molar refractivity (Wildman–Crippen MR) is 74.1 cm³/mol. The van der Waals surface area contributed by atoms with Crippen LogP contribution in [0, 0.1) is 6.92 Å². The van der Waals surface area contributed by atoms with E-state index >= 15 is 0 Å². The van der Waals surface area contributed by atoms with Crippen molar-refractivity contribution in [1.82, 2.24) is 0 Å². The fraction of sp³-hybridized carbons (Fsp3) is 0.417. The van der Waals surface area contributed by atoms with E-state index in [1.807, 2.05) is 6.92 Å². The van der Waals surface area contributed by atoms with Gasteiger partial charge in [0.2, 0.25) is 0 Å². The largest absolute Gasteiger partial charge is 0.491 e. The number of halogens is 2. The van der Waals surface area contributed by atoms with Crippen molar-refractivity contribution in [3.05, 3.63) is 27.7 Å². The highest BCUT2D eigenvalue weighted by molar-refractivity contribution is 9.10. The molecular formula is C12H14Br2O3. The van der Waals surface area contributed by atoms with Crippen molar-refractivity contribution < 1.29 is 14.3 Å². The standard InChI is InChI=1S/C12H14Br2O3/c1-3-16-12(15)9-4-5-10(14)11(8(9)2)17-7-6-13/h4-5H,3,6-7H2,1-2H3. The number of hydrogen-bond acceptors (Lipinski definition) is 3. The summed E-state index contributed by atoms with van der Waals surface area (Å²) in [7, 11) is 0. The Morgan fingerprint density at radius 1 is 1.41 bits per heavy atom. The molecule has 0 radical (unpaired) electrons. The average molecular weight is 366 g/mol. The van der Waals surface area contributed by atoms with Crippen LogP contribution < -0.4 is 4.74 Å². The molecule has 0 amide bonds. The molecule has 0 unspecified atom stereocenters. The van der Waals surface area contributed by atoms with E-state index in [1.165, 1.54) is 0 Å². The van der Waals surface area contributed by atoms with Gasteiger partial charge in [-0.3, -0.25) is 0 Å². The highest BCUT2D eigenvalue weighted by atomic mass is 79.9. The van der Waals surface area contributed by atoms with Crippen LogP contribution in [0.1, 0.15) is 22.8 Å². The van der Waals surface area contributed by atoms with Gasteiger partial charge >= 0.3 is 5.97 Å². The van der Waals surface area contributed by atoms with Crippen LogP contribution in [-0.4, -0.2) is 24.5 Å². The quantitative estimate of drug-likeness (QED) is 0.589. The highest BCUT2D eigenvalue weighted by Gasteiger charge is 2.16. The van der Waals surface area contributed by atoms with Crippen molar-refractivity contribution in [2.75, 3.05) is 18.5 Å². The summed E-state index contributed by atoms with van der Waals surface area (Å²) in [6, 6.07) is 3.53. The molecule has 0 fully saturated rings. The number of carbonyl (C=O) groups excluding carboxylic acids is 1. The first-order valence-corrected chi connectivity index (χ1v) is 7.18. The second-order valence-corrected chi connectivity index (χ2v) is 4.95. The third kappa shape index (κ3) is 3.71. The minimum absolute atomic E-state index is 0.318. The minimum Gasteiger partial charge on any atom is -0.491 e. The lowest BCUT2D eigenvalue weighted by Gasteiger charge is -2.13. The maximum atomic E-state index is 11.7. The molecule has 0 atom stereocenters. The van der Waals surface area contributed by atoms with Gasteiger partial charge < -0.3 is 9.47 Å². The molecule has 1 rings (SSSR count). The molecule has 0 saturated heterocycles. The SMILES string of the molecule is CCOC(=O)c1ccc(Br)c(OCCBr)c1C. The third-order valence-corrected chi connectivity index (χ3v) is 3.12. The molecule has 0 aliphatic heterocycles. The Labute approximate surface area is 118 Å². The number of carbonyl (C=O) groups is 1. The zero-order chi connectivity index (χ0) is 12.8. The summed E-state index contributed by atoms with van der Waals surface area (Å²) in [5.74, 6) is 0.371. The molecule has 3 nitrogen and oxygen atoms in total. The van der Waals surface area contributed by atoms with Crippen LogP contribution in [0.15, 0.2) is 16.6 Å². The zero-order valence-electron chi connectivity index (χ0n) is 9.76. The minimum atomic E-state index is -0.318. The van der Waals surface area contributed by atoms with E-state index in [0.29, 0.717) is 24.5 Å². The Bertz CT molecular complexity index is 405. The van der Waals surface area contributed by atoms with E-state index in [-0.39, 0.29) is 5.97 Å². The number of esters is 1. The van der Waals surface area contributed by atoms with Gasteiger partial charge in [-0.1, -0.05) is 15.9 Å². The van der Waals surface area contributed by atoms with Gasteiger partial charge in [0, 0.05) is 10.9 Å². The van der Waals surface area contributed by atoms with E-state index < -0.39 is 0 Å². The average Bonchev–Trinajstić information content (AvgIpc) is 2.29. The van der Waals surface area contributed by atoms with Gasteiger partial charge in [-0.15, -0.1) is 0 Å². The van der Waals surface area contributed by atoms with E-state index in [4.69, 9.17) is 9.47 Å².